The minimum Gasteiger partial charge on any atom is -0.361 e. The zero-order valence-electron chi connectivity index (χ0n) is 14.2. The van der Waals surface area contributed by atoms with Gasteiger partial charge in [0.2, 0.25) is 0 Å². The van der Waals surface area contributed by atoms with E-state index >= 15 is 0 Å². The normalized spacial score (nSPS) is 17.2. The average molecular weight is 396 g/mol. The van der Waals surface area contributed by atoms with Gasteiger partial charge in [0.05, 0.1) is 10.2 Å². The van der Waals surface area contributed by atoms with E-state index in [2.05, 4.69) is 30.9 Å². The second kappa shape index (κ2) is 7.76. The highest BCUT2D eigenvalue weighted by atomic mass is 79.9. The summed E-state index contributed by atoms with van der Waals surface area (Å²) in [5.41, 5.74) is 3.35. The van der Waals surface area contributed by atoms with Crippen LogP contribution >= 0.6 is 15.9 Å². The molecule has 0 saturated carbocycles. The van der Waals surface area contributed by atoms with Crippen LogP contribution in [-0.4, -0.2) is 41.1 Å². The molecule has 0 aliphatic carbocycles. The van der Waals surface area contributed by atoms with E-state index in [9.17, 15) is 4.39 Å². The zero-order chi connectivity index (χ0) is 17.1. The number of aromatic nitrogens is 1. The third kappa shape index (κ3) is 4.23. The van der Waals surface area contributed by atoms with Crippen molar-refractivity contribution in [1.29, 1.82) is 0 Å². The molecule has 1 aliphatic rings. The molecule has 0 radical (unpaired) electrons. The van der Waals surface area contributed by atoms with Crippen molar-refractivity contribution in [3.05, 3.63) is 51.1 Å². The number of aryl methyl sites for hydroxylation is 2. The summed E-state index contributed by atoms with van der Waals surface area (Å²) in [6.07, 6.45) is 1.13. The summed E-state index contributed by atoms with van der Waals surface area (Å²) in [6.45, 7) is 9.91. The third-order valence-corrected chi connectivity index (χ3v) is 5.24. The van der Waals surface area contributed by atoms with E-state index in [-0.39, 0.29) is 5.82 Å². The second-order valence-corrected chi connectivity index (χ2v) is 7.31. The van der Waals surface area contributed by atoms with Gasteiger partial charge >= 0.3 is 0 Å². The van der Waals surface area contributed by atoms with Crippen LogP contribution in [0, 0.1) is 19.7 Å². The van der Waals surface area contributed by atoms with Gasteiger partial charge in [-0.3, -0.25) is 9.80 Å². The monoisotopic (exact) mass is 395 g/mol. The lowest BCUT2D eigenvalue weighted by Gasteiger charge is -2.22. The zero-order valence-corrected chi connectivity index (χ0v) is 15.8. The van der Waals surface area contributed by atoms with Crippen LogP contribution in [0.5, 0.6) is 0 Å². The molecular formula is C18H23BrFN3O. The van der Waals surface area contributed by atoms with E-state index in [1.165, 1.54) is 11.6 Å². The fraction of sp³-hybridized carbons (Fsp3) is 0.500. The van der Waals surface area contributed by atoms with E-state index < -0.39 is 0 Å². The van der Waals surface area contributed by atoms with E-state index in [1.807, 2.05) is 26.0 Å². The smallest absolute Gasteiger partial charge is 0.138 e. The van der Waals surface area contributed by atoms with E-state index in [0.717, 1.165) is 62.7 Å². The first-order chi connectivity index (χ1) is 11.5. The highest BCUT2D eigenvalue weighted by Gasteiger charge is 2.18. The molecule has 130 valence electrons. The molecule has 0 atom stereocenters. The van der Waals surface area contributed by atoms with Gasteiger partial charge in [-0.25, -0.2) is 4.39 Å². The molecule has 3 rings (SSSR count). The minimum absolute atomic E-state index is 0.208. The number of halogens is 2. The quantitative estimate of drug-likeness (QED) is 0.785. The summed E-state index contributed by atoms with van der Waals surface area (Å²) in [5.74, 6) is 0.713. The first-order valence-corrected chi connectivity index (χ1v) is 9.12. The first kappa shape index (κ1) is 17.6. The summed E-state index contributed by atoms with van der Waals surface area (Å²) >= 11 is 3.27. The number of nitrogens with zero attached hydrogens (tertiary/aromatic N) is 3. The Labute approximate surface area is 150 Å². The summed E-state index contributed by atoms with van der Waals surface area (Å²) in [4.78, 5) is 4.90. The Morgan fingerprint density at radius 1 is 1.12 bits per heavy atom. The highest BCUT2D eigenvalue weighted by Crippen LogP contribution is 2.20. The van der Waals surface area contributed by atoms with Crippen LogP contribution in [0.15, 0.2) is 27.2 Å². The van der Waals surface area contributed by atoms with E-state index in [0.29, 0.717) is 4.47 Å². The van der Waals surface area contributed by atoms with Crippen molar-refractivity contribution in [3.8, 4) is 0 Å². The third-order valence-electron chi connectivity index (χ3n) is 4.63. The van der Waals surface area contributed by atoms with Gasteiger partial charge in [-0.2, -0.15) is 0 Å². The van der Waals surface area contributed by atoms with Crippen LogP contribution in [0.4, 0.5) is 4.39 Å². The summed E-state index contributed by atoms with van der Waals surface area (Å²) in [7, 11) is 0. The highest BCUT2D eigenvalue weighted by molar-refractivity contribution is 9.10. The van der Waals surface area contributed by atoms with Gasteiger partial charge in [-0.05, 0) is 67.0 Å². The van der Waals surface area contributed by atoms with Crippen molar-refractivity contribution in [2.45, 2.75) is 33.4 Å². The van der Waals surface area contributed by atoms with Crippen molar-refractivity contribution >= 4 is 15.9 Å². The average Bonchev–Trinajstić information content (AvgIpc) is 2.75. The SMILES string of the molecule is Cc1noc(C)c1CN1CCCN(Cc2ccc(F)c(Br)c2)CC1. The van der Waals surface area contributed by atoms with Crippen molar-refractivity contribution in [2.75, 3.05) is 26.2 Å². The summed E-state index contributed by atoms with van der Waals surface area (Å²) < 4.78 is 19.2. The number of rotatable bonds is 4. The molecule has 0 bridgehead atoms. The van der Waals surface area contributed by atoms with Gasteiger partial charge in [0.25, 0.3) is 0 Å². The fourth-order valence-corrected chi connectivity index (χ4v) is 3.61. The van der Waals surface area contributed by atoms with E-state index in [1.54, 1.807) is 0 Å². The van der Waals surface area contributed by atoms with Crippen LogP contribution in [0.2, 0.25) is 0 Å². The molecule has 2 heterocycles. The number of benzene rings is 1. The van der Waals surface area contributed by atoms with Gasteiger partial charge in [0.1, 0.15) is 11.6 Å². The van der Waals surface area contributed by atoms with Gasteiger partial charge < -0.3 is 4.52 Å². The molecule has 2 aromatic rings. The Morgan fingerprint density at radius 2 is 1.83 bits per heavy atom. The molecule has 0 amide bonds. The molecule has 1 aliphatic heterocycles. The van der Waals surface area contributed by atoms with Crippen LogP contribution in [-0.2, 0) is 13.1 Å². The van der Waals surface area contributed by atoms with Crippen LogP contribution in [0.25, 0.3) is 0 Å². The van der Waals surface area contributed by atoms with Crippen molar-refractivity contribution in [1.82, 2.24) is 15.0 Å². The lowest BCUT2D eigenvalue weighted by Crippen LogP contribution is -2.30. The Morgan fingerprint density at radius 3 is 2.46 bits per heavy atom. The Hall–Kier alpha value is -1.24. The predicted molar refractivity (Wildman–Crippen MR) is 95.2 cm³/mol. The summed E-state index contributed by atoms with van der Waals surface area (Å²) in [5, 5.41) is 4.04. The Balaban J connectivity index is 1.57. The molecule has 0 N–H and O–H groups in total. The Bertz CT molecular complexity index is 684. The van der Waals surface area contributed by atoms with Crippen LogP contribution < -0.4 is 0 Å². The first-order valence-electron chi connectivity index (χ1n) is 8.33. The largest absolute Gasteiger partial charge is 0.361 e. The molecule has 1 saturated heterocycles. The van der Waals surface area contributed by atoms with Crippen molar-refractivity contribution in [3.63, 3.8) is 0 Å². The number of hydrogen-bond acceptors (Lipinski definition) is 4. The summed E-state index contributed by atoms with van der Waals surface area (Å²) in [6, 6.07) is 5.27. The molecule has 24 heavy (non-hydrogen) atoms. The van der Waals surface area contributed by atoms with Gasteiger partial charge in [0.15, 0.2) is 0 Å². The molecular weight excluding hydrogens is 373 g/mol. The van der Waals surface area contributed by atoms with Crippen LogP contribution in [0.1, 0.15) is 29.0 Å². The maximum Gasteiger partial charge on any atom is 0.138 e. The minimum atomic E-state index is -0.208. The van der Waals surface area contributed by atoms with Crippen molar-refractivity contribution in [2.24, 2.45) is 0 Å². The molecule has 0 spiro atoms. The van der Waals surface area contributed by atoms with Gasteiger partial charge in [-0.15, -0.1) is 0 Å². The lowest BCUT2D eigenvalue weighted by atomic mass is 10.2. The van der Waals surface area contributed by atoms with Crippen LogP contribution in [0.3, 0.4) is 0 Å². The van der Waals surface area contributed by atoms with Gasteiger partial charge in [-0.1, -0.05) is 11.2 Å². The molecule has 6 heteroatoms. The molecule has 1 fully saturated rings. The van der Waals surface area contributed by atoms with Crippen molar-refractivity contribution < 1.29 is 8.91 Å². The molecule has 1 aromatic heterocycles. The molecule has 0 unspecified atom stereocenters. The topological polar surface area (TPSA) is 32.5 Å². The number of hydrogen-bond donors (Lipinski definition) is 0. The maximum atomic E-state index is 13.4. The van der Waals surface area contributed by atoms with E-state index in [4.69, 9.17) is 4.52 Å². The van der Waals surface area contributed by atoms with Gasteiger partial charge in [0, 0.05) is 31.7 Å². The fourth-order valence-electron chi connectivity index (χ4n) is 3.19. The maximum absolute atomic E-state index is 13.4. The lowest BCUT2D eigenvalue weighted by molar-refractivity contribution is 0.246. The molecule has 1 aromatic carbocycles. The standard InChI is InChI=1S/C18H23BrFN3O/c1-13-16(14(2)24-21-13)12-23-7-3-6-22(8-9-23)11-15-4-5-18(20)17(19)10-15/h4-5,10H,3,6-9,11-12H2,1-2H3. The Kier molecular flexibility index (Phi) is 5.69. The molecule has 4 nitrogen and oxygen atoms in total. The second-order valence-electron chi connectivity index (χ2n) is 6.46. The predicted octanol–water partition coefficient (Wildman–Crippen LogP) is 3.90.